The van der Waals surface area contributed by atoms with Crippen molar-refractivity contribution in [1.29, 1.82) is 0 Å². The van der Waals surface area contributed by atoms with E-state index in [2.05, 4.69) is 10.4 Å². The SMILES string of the molecule is COC[C@H](c1cnn2cc([C@@H](N)C(C3CC3)C3CC3)nc2c1)N1CC(F)(F)CNC1=O. The summed E-state index contributed by atoms with van der Waals surface area (Å²) in [6, 6.07) is 0.395. The van der Waals surface area contributed by atoms with E-state index < -0.39 is 31.1 Å². The third-order valence-electron chi connectivity index (χ3n) is 6.70. The van der Waals surface area contributed by atoms with Crippen molar-refractivity contribution < 1.29 is 18.3 Å². The fourth-order valence-electron chi connectivity index (χ4n) is 4.84. The van der Waals surface area contributed by atoms with Gasteiger partial charge < -0.3 is 20.7 Å². The molecule has 1 saturated heterocycles. The van der Waals surface area contributed by atoms with Crippen LogP contribution < -0.4 is 11.1 Å². The van der Waals surface area contributed by atoms with Crippen molar-refractivity contribution in [2.24, 2.45) is 23.5 Å². The van der Waals surface area contributed by atoms with E-state index in [1.807, 2.05) is 6.20 Å². The van der Waals surface area contributed by atoms with E-state index in [1.165, 1.54) is 32.8 Å². The molecule has 2 aromatic heterocycles. The van der Waals surface area contributed by atoms with Crippen molar-refractivity contribution in [1.82, 2.24) is 24.8 Å². The molecule has 3 heterocycles. The smallest absolute Gasteiger partial charge is 0.318 e. The Morgan fingerprint density at radius 3 is 2.68 bits per heavy atom. The third kappa shape index (κ3) is 4.10. The van der Waals surface area contributed by atoms with E-state index in [4.69, 9.17) is 15.5 Å². The first kappa shape index (κ1) is 20.6. The maximum absolute atomic E-state index is 14.0. The number of nitrogens with zero attached hydrogens (tertiary/aromatic N) is 4. The second-order valence-electron chi connectivity index (χ2n) is 9.15. The van der Waals surface area contributed by atoms with Crippen LogP contribution in [0.5, 0.6) is 0 Å². The number of nitrogens with one attached hydrogen (secondary N) is 1. The van der Waals surface area contributed by atoms with E-state index >= 15 is 0 Å². The van der Waals surface area contributed by atoms with Crippen molar-refractivity contribution >= 4 is 11.7 Å². The monoisotopic (exact) mass is 434 g/mol. The number of urea groups is 1. The summed E-state index contributed by atoms with van der Waals surface area (Å²) in [5, 5.41) is 6.68. The second kappa shape index (κ2) is 7.67. The first-order valence-electron chi connectivity index (χ1n) is 10.9. The Balaban J connectivity index is 1.43. The number of hydrogen-bond donors (Lipinski definition) is 2. The molecular weight excluding hydrogens is 406 g/mol. The summed E-state index contributed by atoms with van der Waals surface area (Å²) in [4.78, 5) is 18.1. The molecule has 2 atom stereocenters. The fraction of sp³-hybridized carbons (Fsp3) is 0.667. The average Bonchev–Trinajstić information content (AvgIpc) is 3.67. The van der Waals surface area contributed by atoms with Gasteiger partial charge in [-0.25, -0.2) is 23.1 Å². The summed E-state index contributed by atoms with van der Waals surface area (Å²) >= 11 is 0. The summed E-state index contributed by atoms with van der Waals surface area (Å²) < 4.78 is 34.8. The number of alkyl halides is 2. The third-order valence-corrected chi connectivity index (χ3v) is 6.70. The lowest BCUT2D eigenvalue weighted by Gasteiger charge is -2.38. The zero-order valence-corrected chi connectivity index (χ0v) is 17.5. The van der Waals surface area contributed by atoms with Crippen molar-refractivity contribution in [2.45, 2.75) is 43.7 Å². The lowest BCUT2D eigenvalue weighted by molar-refractivity contribution is -0.0509. The molecule has 0 unspecified atom stereocenters. The van der Waals surface area contributed by atoms with Crippen LogP contribution in [0.2, 0.25) is 0 Å². The first-order valence-corrected chi connectivity index (χ1v) is 10.9. The Morgan fingerprint density at radius 1 is 1.32 bits per heavy atom. The van der Waals surface area contributed by atoms with E-state index in [1.54, 1.807) is 16.8 Å². The Hall–Kier alpha value is -2.33. The minimum absolute atomic E-state index is 0.0693. The van der Waals surface area contributed by atoms with Crippen LogP contribution in [-0.2, 0) is 4.74 Å². The summed E-state index contributed by atoms with van der Waals surface area (Å²) in [6.45, 7) is -1.27. The first-order chi connectivity index (χ1) is 14.9. The van der Waals surface area contributed by atoms with Crippen molar-refractivity contribution in [3.63, 3.8) is 0 Å². The van der Waals surface area contributed by atoms with E-state index in [0.29, 0.717) is 29.0 Å². The Kier molecular flexibility index (Phi) is 5.09. The number of carbonyl (C=O) groups excluding carboxylic acids is 1. The van der Waals surface area contributed by atoms with E-state index in [-0.39, 0.29) is 12.6 Å². The molecular formula is C21H28F2N6O2. The molecule has 31 heavy (non-hydrogen) atoms. The largest absolute Gasteiger partial charge is 0.382 e. The van der Waals surface area contributed by atoms with Crippen LogP contribution in [-0.4, -0.2) is 58.3 Å². The zero-order chi connectivity index (χ0) is 21.8. The van der Waals surface area contributed by atoms with Crippen LogP contribution in [0.4, 0.5) is 13.6 Å². The summed E-state index contributed by atoms with van der Waals surface area (Å²) in [5.41, 5.74) is 8.61. The van der Waals surface area contributed by atoms with Gasteiger partial charge in [-0.15, -0.1) is 0 Å². The van der Waals surface area contributed by atoms with Gasteiger partial charge in [0.05, 0.1) is 49.9 Å². The van der Waals surface area contributed by atoms with Gasteiger partial charge in [-0.05, 0) is 49.5 Å². The minimum Gasteiger partial charge on any atom is -0.382 e. The molecule has 0 spiro atoms. The predicted molar refractivity (Wildman–Crippen MR) is 109 cm³/mol. The quantitative estimate of drug-likeness (QED) is 0.665. The number of nitrogens with two attached hydrogens (primary N) is 1. The molecule has 0 bridgehead atoms. The summed E-state index contributed by atoms with van der Waals surface area (Å²) in [5.74, 6) is -1.15. The molecule has 0 aromatic carbocycles. The van der Waals surface area contributed by atoms with Crippen LogP contribution in [0, 0.1) is 17.8 Å². The number of methoxy groups -OCH3 is 1. The number of aromatic nitrogens is 3. The molecule has 2 aliphatic carbocycles. The number of rotatable bonds is 8. The highest BCUT2D eigenvalue weighted by Crippen LogP contribution is 2.53. The second-order valence-corrected chi connectivity index (χ2v) is 9.15. The molecule has 8 nitrogen and oxygen atoms in total. The molecule has 5 rings (SSSR count). The number of imidazole rings is 1. The minimum atomic E-state index is -3.01. The van der Waals surface area contributed by atoms with Gasteiger partial charge in [0.2, 0.25) is 0 Å². The summed E-state index contributed by atoms with van der Waals surface area (Å²) in [7, 11) is 1.47. The average molecular weight is 434 g/mol. The van der Waals surface area contributed by atoms with Crippen LogP contribution in [0.15, 0.2) is 18.5 Å². The molecule has 2 saturated carbocycles. The highest BCUT2D eigenvalue weighted by atomic mass is 19.3. The van der Waals surface area contributed by atoms with Gasteiger partial charge in [0.25, 0.3) is 5.92 Å². The summed E-state index contributed by atoms with van der Waals surface area (Å²) in [6.07, 6.45) is 8.40. The number of amides is 2. The number of hydrogen-bond acceptors (Lipinski definition) is 5. The van der Waals surface area contributed by atoms with Gasteiger partial charge in [-0.2, -0.15) is 5.10 Å². The van der Waals surface area contributed by atoms with Crippen molar-refractivity contribution in [3.05, 3.63) is 29.7 Å². The lowest BCUT2D eigenvalue weighted by Crippen LogP contribution is -2.58. The molecule has 168 valence electrons. The normalized spacial score (nSPS) is 23.3. The van der Waals surface area contributed by atoms with E-state index in [9.17, 15) is 13.6 Å². The fourth-order valence-corrected chi connectivity index (χ4v) is 4.84. The maximum atomic E-state index is 14.0. The Labute approximate surface area is 179 Å². The Morgan fingerprint density at radius 2 is 2.03 bits per heavy atom. The molecule has 1 aliphatic heterocycles. The lowest BCUT2D eigenvalue weighted by atomic mass is 9.88. The Bertz CT molecular complexity index is 962. The molecule has 2 aromatic rings. The van der Waals surface area contributed by atoms with E-state index in [0.717, 1.165) is 10.6 Å². The number of halogens is 2. The topological polar surface area (TPSA) is 97.8 Å². The van der Waals surface area contributed by atoms with Crippen LogP contribution in [0.1, 0.15) is 49.0 Å². The predicted octanol–water partition coefficient (Wildman–Crippen LogP) is 2.51. The van der Waals surface area contributed by atoms with Gasteiger partial charge in [-0.3, -0.25) is 0 Å². The molecule has 3 fully saturated rings. The van der Waals surface area contributed by atoms with Gasteiger partial charge in [0, 0.05) is 12.7 Å². The molecule has 3 N–H and O–H groups in total. The highest BCUT2D eigenvalue weighted by Gasteiger charge is 2.45. The molecule has 10 heteroatoms. The number of ether oxygens (including phenoxy) is 1. The van der Waals surface area contributed by atoms with Gasteiger partial charge in [0.1, 0.15) is 0 Å². The van der Waals surface area contributed by atoms with Gasteiger partial charge in [-0.1, -0.05) is 0 Å². The van der Waals surface area contributed by atoms with Gasteiger partial charge in [0.15, 0.2) is 5.65 Å². The molecule has 3 aliphatic rings. The van der Waals surface area contributed by atoms with Crippen molar-refractivity contribution in [2.75, 3.05) is 26.8 Å². The maximum Gasteiger partial charge on any atom is 0.318 e. The van der Waals surface area contributed by atoms with Crippen LogP contribution >= 0.6 is 0 Å². The van der Waals surface area contributed by atoms with Gasteiger partial charge >= 0.3 is 6.03 Å². The molecule has 0 radical (unpaired) electrons. The standard InChI is InChI=1S/C21H28F2N6O2/c1-31-9-16(28-11-21(22,23)10-25-20(28)30)14-6-17-27-15(8-29(17)26-7-14)19(24)18(12-2-3-12)13-4-5-13/h6-8,12-13,16,18-19H,2-5,9-11,24H2,1H3,(H,25,30)/t16-,19-/m1/s1. The molecule has 2 amide bonds. The zero-order valence-electron chi connectivity index (χ0n) is 17.5. The highest BCUT2D eigenvalue weighted by molar-refractivity contribution is 5.76. The van der Waals surface area contributed by atoms with Crippen molar-refractivity contribution in [3.8, 4) is 0 Å². The van der Waals surface area contributed by atoms with Crippen LogP contribution in [0.25, 0.3) is 5.65 Å². The number of fused-ring (bicyclic) bond motifs is 1. The van der Waals surface area contributed by atoms with Crippen LogP contribution in [0.3, 0.4) is 0 Å². The number of carbonyl (C=O) groups is 1.